The number of carbonyl (C=O) groups excluding carboxylic acids is 1. The molecule has 0 aromatic carbocycles. The largest absolute Gasteiger partial charge is 0.481 e. The number of unbranched alkanes of at least 4 members (excludes halogenated alkanes) is 26. The normalized spacial score (nSPS) is 18.4. The number of carbonyl (C=O) groups is 1. The second-order valence-electron chi connectivity index (χ2n) is 17.9. The summed E-state index contributed by atoms with van der Waals surface area (Å²) in [6, 6.07) is -0.974. The van der Waals surface area contributed by atoms with Gasteiger partial charge in [0, 0.05) is 35.3 Å². The number of hydrogen-bond acceptors (Lipinski definition) is 12. The van der Waals surface area contributed by atoms with E-state index in [1.807, 2.05) is 0 Å². The van der Waals surface area contributed by atoms with E-state index in [2.05, 4.69) is 33.2 Å². The van der Waals surface area contributed by atoms with Crippen LogP contribution >= 0.6 is 27.4 Å². The Balaban J connectivity index is 1.80. The molecule has 2 heterocycles. The van der Waals surface area contributed by atoms with Gasteiger partial charge in [-0.1, -0.05) is 186 Å². The van der Waals surface area contributed by atoms with Crippen LogP contribution in [-0.2, 0) is 36.8 Å². The highest BCUT2D eigenvalue weighted by molar-refractivity contribution is 7.99. The summed E-state index contributed by atoms with van der Waals surface area (Å²) >= 11 is 1.54. The first-order chi connectivity index (χ1) is 31.8. The van der Waals surface area contributed by atoms with E-state index in [0.29, 0.717) is 6.42 Å². The number of H-pyrrole nitrogens is 1. The van der Waals surface area contributed by atoms with Gasteiger partial charge < -0.3 is 19.3 Å². The minimum Gasteiger partial charge on any atom is -0.459 e. The number of phosphoric acid groups is 2. The van der Waals surface area contributed by atoms with Crippen LogP contribution in [0.15, 0.2) is 20.9 Å². The zero-order chi connectivity index (χ0) is 48.3. The van der Waals surface area contributed by atoms with Gasteiger partial charge in [-0.05, 0) is 31.0 Å². The van der Waals surface area contributed by atoms with Crippen molar-refractivity contribution in [2.75, 3.05) is 24.7 Å². The lowest BCUT2D eigenvalue weighted by atomic mass is 10.0. The number of nitrogens with one attached hydrogen (secondary N) is 1. The Labute approximate surface area is 398 Å². The van der Waals surface area contributed by atoms with Crippen molar-refractivity contribution < 1.29 is 46.5 Å². The molecule has 2 unspecified atom stereocenters. The molecule has 0 spiro atoms. The molecule has 2 rings (SSSR count). The summed E-state index contributed by atoms with van der Waals surface area (Å²) in [5, 5.41) is 3.63. The Morgan fingerprint density at radius 3 is 1.77 bits per heavy atom. The molecule has 0 bridgehead atoms. The van der Waals surface area contributed by atoms with E-state index >= 15 is 0 Å². The number of phosphoric ester groups is 2. The van der Waals surface area contributed by atoms with Crippen LogP contribution in [0.1, 0.15) is 218 Å². The third-order valence-electron chi connectivity index (χ3n) is 11.9. The van der Waals surface area contributed by atoms with Crippen LogP contribution in [0.5, 0.6) is 0 Å². The molecule has 0 aliphatic carbocycles. The maximum Gasteiger partial charge on any atom is 0.481 e. The summed E-state index contributed by atoms with van der Waals surface area (Å²) in [5.74, 6) is 0.636. The van der Waals surface area contributed by atoms with Crippen LogP contribution in [-0.4, -0.2) is 68.3 Å². The number of thioether (sulfide) groups is 1. The van der Waals surface area contributed by atoms with Crippen molar-refractivity contribution in [3.05, 3.63) is 43.0 Å². The quantitative estimate of drug-likeness (QED) is 0.0138. The molecule has 0 saturated carbocycles. The lowest BCUT2D eigenvalue weighted by molar-refractivity contribution is -0.149. The number of ether oxygens (including phenoxy) is 2. The predicted octanol–water partition coefficient (Wildman–Crippen LogP) is 13.1. The Hall–Kier alpha value is -1.97. The highest BCUT2D eigenvalue weighted by Crippen LogP contribution is 2.60. The Bertz CT molecular complexity index is 1710. The first-order valence-corrected chi connectivity index (χ1v) is 29.4. The molecule has 1 saturated heterocycles. The van der Waals surface area contributed by atoms with Crippen LogP contribution in [0.3, 0.4) is 0 Å². The third kappa shape index (κ3) is 29.1. The molecule has 1 aromatic heterocycles. The Morgan fingerprint density at radius 2 is 1.27 bits per heavy atom. The molecule has 0 radical (unpaired) electrons. The molecule has 382 valence electrons. The summed E-state index contributed by atoms with van der Waals surface area (Å²) in [6.45, 7) is 4.66. The fraction of sp³-hybridized carbons (Fsp3) is 0.891. The summed E-state index contributed by atoms with van der Waals surface area (Å²) in [6.07, 6.45) is 32.7. The average molecular weight is 994 g/mol. The summed E-state index contributed by atoms with van der Waals surface area (Å²) in [5.41, 5.74) is 7.93. The molecule has 1 aromatic rings. The van der Waals surface area contributed by atoms with Gasteiger partial charge in [-0.15, -0.1) is 0 Å². The van der Waals surface area contributed by atoms with Crippen LogP contribution in [0.25, 0.3) is 10.4 Å². The average Bonchev–Trinajstić information content (AvgIpc) is 3.67. The van der Waals surface area contributed by atoms with E-state index in [4.69, 9.17) is 24.1 Å². The summed E-state index contributed by atoms with van der Waals surface area (Å²) < 4.78 is 53.0. The highest BCUT2D eigenvalue weighted by Gasteiger charge is 2.41. The monoisotopic (exact) mass is 994 g/mol. The maximum atomic E-state index is 12.9. The van der Waals surface area contributed by atoms with Gasteiger partial charge in [0.2, 0.25) is 0 Å². The second-order valence-corrected chi connectivity index (χ2v) is 22.0. The van der Waals surface area contributed by atoms with Gasteiger partial charge in [0.15, 0.2) is 0 Å². The zero-order valence-electron chi connectivity index (χ0n) is 40.5. The van der Waals surface area contributed by atoms with E-state index < -0.39 is 70.6 Å². The topological polar surface area (TPSA) is 241 Å². The van der Waals surface area contributed by atoms with E-state index in [1.165, 1.54) is 148 Å². The Kier molecular flexibility index (Phi) is 33.7. The smallest absolute Gasteiger partial charge is 0.459 e. The van der Waals surface area contributed by atoms with E-state index in [1.54, 1.807) is 11.8 Å². The fourth-order valence-corrected chi connectivity index (χ4v) is 11.1. The van der Waals surface area contributed by atoms with E-state index in [9.17, 15) is 33.3 Å². The summed E-state index contributed by atoms with van der Waals surface area (Å²) in [7, 11) is -10.5. The van der Waals surface area contributed by atoms with Gasteiger partial charge in [0.25, 0.3) is 5.56 Å². The molecule has 6 atom stereocenters. The third-order valence-corrected chi connectivity index (χ3v) is 15.7. The van der Waals surface area contributed by atoms with E-state index in [-0.39, 0.29) is 24.2 Å². The molecule has 3 N–H and O–H groups in total. The van der Waals surface area contributed by atoms with Crippen LogP contribution < -0.4 is 11.2 Å². The zero-order valence-corrected chi connectivity index (χ0v) is 43.1. The maximum absolute atomic E-state index is 12.9. The predicted molar refractivity (Wildman–Crippen MR) is 263 cm³/mol. The van der Waals surface area contributed by atoms with Gasteiger partial charge in [-0.2, -0.15) is 16.1 Å². The molecule has 66 heavy (non-hydrogen) atoms. The number of aromatic nitrogens is 2. The molecular weight excluding hydrogens is 909 g/mol. The van der Waals surface area contributed by atoms with Crippen molar-refractivity contribution in [1.82, 2.24) is 9.55 Å². The molecule has 1 aliphatic rings. The number of aromatic amines is 1. The van der Waals surface area contributed by atoms with Gasteiger partial charge in [0.05, 0.1) is 25.4 Å². The molecule has 20 heteroatoms. The molecule has 1 fully saturated rings. The minimum atomic E-state index is -5.29. The first kappa shape index (κ1) is 60.2. The van der Waals surface area contributed by atoms with Crippen molar-refractivity contribution in [2.24, 2.45) is 5.11 Å². The van der Waals surface area contributed by atoms with Gasteiger partial charge in [-0.3, -0.25) is 28.2 Å². The van der Waals surface area contributed by atoms with Crippen LogP contribution in [0.2, 0.25) is 0 Å². The van der Waals surface area contributed by atoms with Crippen molar-refractivity contribution >= 4 is 33.4 Å². The van der Waals surface area contributed by atoms with Crippen LogP contribution in [0, 0.1) is 6.92 Å². The number of rotatable bonds is 43. The van der Waals surface area contributed by atoms with Crippen molar-refractivity contribution in [3.63, 3.8) is 0 Å². The number of esters is 1. The Morgan fingerprint density at radius 1 is 0.803 bits per heavy atom. The molecule has 17 nitrogen and oxygen atoms in total. The SMILES string of the molecule is CCCCCCCCCCCCCCCCCCSC[C@H](COP(=O)(O)OP(=O)(O)OC[C@H]1O[C@@H](n2cc(C)c(=O)[nH]c2=O)C[C@@H]1N=[N+]=[N-])OC(=O)CCCCCCCCCCCCCC. The molecule has 1 aliphatic heterocycles. The molecule has 0 amide bonds. The van der Waals surface area contributed by atoms with Gasteiger partial charge >= 0.3 is 27.3 Å². The van der Waals surface area contributed by atoms with E-state index in [0.717, 1.165) is 48.8 Å². The first-order valence-electron chi connectivity index (χ1n) is 25.3. The number of azide groups is 1. The van der Waals surface area contributed by atoms with Crippen LogP contribution in [0.4, 0.5) is 0 Å². The number of nitrogens with zero attached hydrogens (tertiary/aromatic N) is 4. The van der Waals surface area contributed by atoms with Gasteiger partial charge in [0.1, 0.15) is 12.3 Å². The highest BCUT2D eigenvalue weighted by atomic mass is 32.2. The lowest BCUT2D eigenvalue weighted by Gasteiger charge is -2.22. The van der Waals surface area contributed by atoms with Crippen molar-refractivity contribution in [2.45, 2.75) is 238 Å². The standard InChI is InChI=1S/C46H85N5O12P2S/c1-4-6-8-10-12-14-16-18-19-20-21-23-25-27-29-31-33-66-38-40(61-44(52)32-30-28-26-24-22-17-15-13-11-9-7-5-2)36-59-64(55,56)63-65(57,58)60-37-42-41(49-50-47)34-43(62-42)51-35-39(3)45(53)48-46(51)54/h35,40-43H,4-34,36-38H2,1-3H3,(H,55,56)(H,57,58)(H,48,53,54)/t40-,41-,42+,43+/m0/s1. The number of aryl methyl sites for hydroxylation is 1. The second kappa shape index (κ2) is 36.9. The fourth-order valence-electron chi connectivity index (χ4n) is 7.98. The van der Waals surface area contributed by atoms with Crippen molar-refractivity contribution in [1.29, 1.82) is 0 Å². The van der Waals surface area contributed by atoms with Crippen molar-refractivity contribution in [3.8, 4) is 0 Å². The lowest BCUT2D eigenvalue weighted by Crippen LogP contribution is -2.33. The number of hydrogen-bond donors (Lipinski definition) is 3. The molecular formula is C46H85N5O12P2S. The minimum absolute atomic E-state index is 0.0431. The van der Waals surface area contributed by atoms with Gasteiger partial charge in [-0.25, -0.2) is 13.9 Å². The summed E-state index contributed by atoms with van der Waals surface area (Å²) in [4.78, 5) is 62.9.